The highest BCUT2D eigenvalue weighted by molar-refractivity contribution is 5.85. The zero-order valence-corrected chi connectivity index (χ0v) is 13.9. The van der Waals surface area contributed by atoms with Gasteiger partial charge < -0.3 is 11.1 Å². The van der Waals surface area contributed by atoms with Gasteiger partial charge in [0.2, 0.25) is 0 Å². The van der Waals surface area contributed by atoms with Gasteiger partial charge in [-0.25, -0.2) is 0 Å². The van der Waals surface area contributed by atoms with Crippen molar-refractivity contribution in [1.29, 1.82) is 0 Å². The molecule has 0 aliphatic carbocycles. The molecule has 2 rings (SSSR count). The van der Waals surface area contributed by atoms with Gasteiger partial charge in [0.05, 0.1) is 0 Å². The molecule has 1 unspecified atom stereocenters. The lowest BCUT2D eigenvalue weighted by Crippen LogP contribution is -2.20. The van der Waals surface area contributed by atoms with Crippen molar-refractivity contribution in [3.05, 3.63) is 65.7 Å². The highest BCUT2D eigenvalue weighted by Gasteiger charge is 2.02. The molecule has 0 aliphatic heterocycles. The van der Waals surface area contributed by atoms with E-state index in [1.54, 1.807) is 0 Å². The highest BCUT2D eigenvalue weighted by Crippen LogP contribution is 2.12. The largest absolute Gasteiger partial charge is 0.399 e. The Labute approximate surface area is 140 Å². The molecule has 1 atom stereocenters. The molecule has 0 heterocycles. The summed E-state index contributed by atoms with van der Waals surface area (Å²) in [6.45, 7) is 3.22. The predicted octanol–water partition coefficient (Wildman–Crippen LogP) is 4.40. The van der Waals surface area contributed by atoms with Gasteiger partial charge in [0.25, 0.3) is 0 Å². The van der Waals surface area contributed by atoms with Crippen molar-refractivity contribution >= 4 is 30.5 Å². The Bertz CT molecular complexity index is 503. The second kappa shape index (κ2) is 10.5. The van der Waals surface area contributed by atoms with Crippen LogP contribution in [0.5, 0.6) is 0 Å². The van der Waals surface area contributed by atoms with Crippen LogP contribution in [0, 0.1) is 0 Å². The molecule has 2 aromatic rings. The van der Waals surface area contributed by atoms with Crippen LogP contribution in [0.4, 0.5) is 5.69 Å². The van der Waals surface area contributed by atoms with Crippen LogP contribution < -0.4 is 11.1 Å². The van der Waals surface area contributed by atoms with Crippen molar-refractivity contribution in [3.63, 3.8) is 0 Å². The average Bonchev–Trinajstić information content (AvgIpc) is 2.44. The molecular weight excluding hydrogens is 303 g/mol. The fraction of sp³-hybridized carbons (Fsp3) is 0.294. The molecule has 0 spiro atoms. The van der Waals surface area contributed by atoms with Gasteiger partial charge in [-0.1, -0.05) is 42.5 Å². The minimum atomic E-state index is 0. The summed E-state index contributed by atoms with van der Waals surface area (Å²) in [5.41, 5.74) is 9.27. The van der Waals surface area contributed by atoms with Crippen molar-refractivity contribution in [2.45, 2.75) is 25.8 Å². The van der Waals surface area contributed by atoms with E-state index in [-0.39, 0.29) is 24.8 Å². The van der Waals surface area contributed by atoms with Gasteiger partial charge in [-0.2, -0.15) is 0 Å². The van der Waals surface area contributed by atoms with Crippen molar-refractivity contribution in [3.8, 4) is 0 Å². The zero-order chi connectivity index (χ0) is 13.5. The number of hydrogen-bond donors (Lipinski definition) is 2. The first-order chi connectivity index (χ1) is 9.25. The van der Waals surface area contributed by atoms with Crippen molar-refractivity contribution in [2.24, 2.45) is 0 Å². The summed E-state index contributed by atoms with van der Waals surface area (Å²) in [6.07, 6.45) is 2.19. The first-order valence-electron chi connectivity index (χ1n) is 6.88. The number of benzene rings is 2. The number of nitrogens with two attached hydrogens (primary N) is 1. The van der Waals surface area contributed by atoms with E-state index < -0.39 is 0 Å². The summed E-state index contributed by atoms with van der Waals surface area (Å²) < 4.78 is 0. The Morgan fingerprint density at radius 3 is 2.38 bits per heavy atom. The maximum absolute atomic E-state index is 5.77. The maximum Gasteiger partial charge on any atom is 0.0316 e. The van der Waals surface area contributed by atoms with Gasteiger partial charge in [0, 0.05) is 11.7 Å². The normalized spacial score (nSPS) is 11.1. The van der Waals surface area contributed by atoms with E-state index in [9.17, 15) is 0 Å². The van der Waals surface area contributed by atoms with E-state index >= 15 is 0 Å². The molecule has 0 amide bonds. The average molecular weight is 327 g/mol. The fourth-order valence-corrected chi connectivity index (χ4v) is 2.22. The van der Waals surface area contributed by atoms with Crippen LogP contribution in [-0.2, 0) is 6.42 Å². The Kier molecular flexibility index (Phi) is 9.89. The van der Waals surface area contributed by atoms with E-state index in [0.717, 1.165) is 25.1 Å². The molecule has 0 aromatic heterocycles. The van der Waals surface area contributed by atoms with Gasteiger partial charge in [-0.05, 0) is 49.6 Å². The van der Waals surface area contributed by atoms with Gasteiger partial charge >= 0.3 is 0 Å². The summed E-state index contributed by atoms with van der Waals surface area (Å²) in [4.78, 5) is 0. The summed E-state index contributed by atoms with van der Waals surface area (Å²) in [7, 11) is 0. The molecular formula is C17H24Cl2N2. The fourth-order valence-electron chi connectivity index (χ4n) is 2.22. The third-order valence-electron chi connectivity index (χ3n) is 3.34. The molecule has 2 aromatic carbocycles. The monoisotopic (exact) mass is 326 g/mol. The second-order valence-electron chi connectivity index (χ2n) is 4.94. The molecule has 2 nitrogen and oxygen atoms in total. The Hall–Kier alpha value is -1.22. The van der Waals surface area contributed by atoms with Crippen molar-refractivity contribution < 1.29 is 0 Å². The number of anilines is 1. The second-order valence-corrected chi connectivity index (χ2v) is 4.94. The first-order valence-corrected chi connectivity index (χ1v) is 6.88. The number of aryl methyl sites for hydroxylation is 1. The summed E-state index contributed by atoms with van der Waals surface area (Å²) in [6, 6.07) is 19.1. The number of nitrogens with one attached hydrogen (secondary N) is 1. The van der Waals surface area contributed by atoms with E-state index in [1.165, 1.54) is 11.1 Å². The molecule has 0 radical (unpaired) electrons. The van der Waals surface area contributed by atoms with Gasteiger partial charge in [0.1, 0.15) is 0 Å². The van der Waals surface area contributed by atoms with Crippen LogP contribution in [-0.4, -0.2) is 6.54 Å². The molecule has 0 fully saturated rings. The van der Waals surface area contributed by atoms with Crippen molar-refractivity contribution in [2.75, 3.05) is 12.3 Å². The van der Waals surface area contributed by atoms with E-state index in [1.807, 2.05) is 12.1 Å². The SMILES string of the molecule is CC(NCCCc1cccc(N)c1)c1ccccc1.Cl.Cl. The minimum Gasteiger partial charge on any atom is -0.399 e. The van der Waals surface area contributed by atoms with Crippen LogP contribution in [0.1, 0.15) is 30.5 Å². The first kappa shape index (κ1) is 19.8. The minimum absolute atomic E-state index is 0. The summed E-state index contributed by atoms with van der Waals surface area (Å²) >= 11 is 0. The Balaban J connectivity index is 0.00000200. The number of hydrogen-bond acceptors (Lipinski definition) is 2. The van der Waals surface area contributed by atoms with E-state index in [2.05, 4.69) is 54.7 Å². The third kappa shape index (κ3) is 6.85. The number of rotatable bonds is 6. The van der Waals surface area contributed by atoms with Gasteiger partial charge in [-0.15, -0.1) is 24.8 Å². The highest BCUT2D eigenvalue weighted by atomic mass is 35.5. The predicted molar refractivity (Wildman–Crippen MR) is 96.5 cm³/mol. The molecule has 116 valence electrons. The van der Waals surface area contributed by atoms with Crippen LogP contribution in [0.3, 0.4) is 0 Å². The lowest BCUT2D eigenvalue weighted by molar-refractivity contribution is 0.558. The summed E-state index contributed by atoms with van der Waals surface area (Å²) in [5, 5.41) is 3.55. The Morgan fingerprint density at radius 1 is 1.00 bits per heavy atom. The number of halogens is 2. The smallest absolute Gasteiger partial charge is 0.0316 e. The van der Waals surface area contributed by atoms with Crippen LogP contribution >= 0.6 is 24.8 Å². The maximum atomic E-state index is 5.77. The lowest BCUT2D eigenvalue weighted by Gasteiger charge is -2.14. The molecule has 4 heteroatoms. The molecule has 0 saturated heterocycles. The van der Waals surface area contributed by atoms with E-state index in [4.69, 9.17) is 5.73 Å². The van der Waals surface area contributed by atoms with Crippen molar-refractivity contribution in [1.82, 2.24) is 5.32 Å². The molecule has 0 saturated carbocycles. The Morgan fingerprint density at radius 2 is 1.71 bits per heavy atom. The molecule has 0 aliphatic rings. The zero-order valence-electron chi connectivity index (χ0n) is 12.3. The standard InChI is InChI=1S/C17H22N2.2ClH/c1-14(16-9-3-2-4-10-16)19-12-6-8-15-7-5-11-17(18)13-15;;/h2-5,7,9-11,13-14,19H,6,8,12,18H2,1H3;2*1H. The molecule has 0 bridgehead atoms. The van der Waals surface area contributed by atoms with Crippen LogP contribution in [0.2, 0.25) is 0 Å². The molecule has 3 N–H and O–H groups in total. The van der Waals surface area contributed by atoms with Crippen LogP contribution in [0.15, 0.2) is 54.6 Å². The third-order valence-corrected chi connectivity index (χ3v) is 3.34. The lowest BCUT2D eigenvalue weighted by atomic mass is 10.1. The van der Waals surface area contributed by atoms with Crippen LogP contribution in [0.25, 0.3) is 0 Å². The van der Waals surface area contributed by atoms with E-state index in [0.29, 0.717) is 6.04 Å². The topological polar surface area (TPSA) is 38.0 Å². The van der Waals surface area contributed by atoms with Gasteiger partial charge in [-0.3, -0.25) is 0 Å². The number of nitrogen functional groups attached to an aromatic ring is 1. The summed E-state index contributed by atoms with van der Waals surface area (Å²) in [5.74, 6) is 0. The quantitative estimate of drug-likeness (QED) is 0.610. The molecule has 21 heavy (non-hydrogen) atoms. The van der Waals surface area contributed by atoms with Gasteiger partial charge in [0.15, 0.2) is 0 Å².